The SMILES string of the molecule is COc1ccc(Cc2nc3c(c4c5ccccc5n(C(=O)O)c24)CC(O)CN3)cc1F. The minimum atomic E-state index is -1.13. The summed E-state index contributed by atoms with van der Waals surface area (Å²) in [5, 5.41) is 24.9. The molecular weight excluding hydrogens is 401 g/mol. The Labute approximate surface area is 176 Å². The van der Waals surface area contributed by atoms with Gasteiger partial charge in [0.1, 0.15) is 5.82 Å². The minimum Gasteiger partial charge on any atom is -0.494 e. The molecule has 0 amide bonds. The molecule has 8 heteroatoms. The lowest BCUT2D eigenvalue weighted by Crippen LogP contribution is -2.28. The van der Waals surface area contributed by atoms with Crippen molar-refractivity contribution in [3.63, 3.8) is 0 Å². The largest absolute Gasteiger partial charge is 0.494 e. The molecule has 1 atom stereocenters. The molecule has 0 saturated carbocycles. The minimum absolute atomic E-state index is 0.141. The highest BCUT2D eigenvalue weighted by Crippen LogP contribution is 2.38. The fourth-order valence-electron chi connectivity index (χ4n) is 4.39. The van der Waals surface area contributed by atoms with Crippen molar-refractivity contribution in [2.24, 2.45) is 0 Å². The summed E-state index contributed by atoms with van der Waals surface area (Å²) in [5.74, 6) is 0.270. The zero-order valence-corrected chi connectivity index (χ0v) is 16.7. The van der Waals surface area contributed by atoms with Crippen LogP contribution in [0.5, 0.6) is 5.75 Å². The van der Waals surface area contributed by atoms with E-state index in [1.807, 2.05) is 12.1 Å². The molecule has 3 heterocycles. The van der Waals surface area contributed by atoms with E-state index in [2.05, 4.69) is 5.32 Å². The Bertz CT molecular complexity index is 1350. The van der Waals surface area contributed by atoms with E-state index in [4.69, 9.17) is 9.72 Å². The smallest absolute Gasteiger partial charge is 0.416 e. The number of hydrogen-bond donors (Lipinski definition) is 3. The van der Waals surface area contributed by atoms with E-state index in [0.29, 0.717) is 41.1 Å². The molecule has 1 aliphatic heterocycles. The summed E-state index contributed by atoms with van der Waals surface area (Å²) in [6.07, 6.45) is -1.11. The molecule has 5 rings (SSSR count). The van der Waals surface area contributed by atoms with Crippen LogP contribution in [0, 0.1) is 5.82 Å². The van der Waals surface area contributed by atoms with E-state index < -0.39 is 18.0 Å². The van der Waals surface area contributed by atoms with Gasteiger partial charge in [-0.1, -0.05) is 24.3 Å². The predicted molar refractivity (Wildman–Crippen MR) is 115 cm³/mol. The van der Waals surface area contributed by atoms with Crippen LogP contribution in [0.2, 0.25) is 0 Å². The van der Waals surface area contributed by atoms with Crippen LogP contribution >= 0.6 is 0 Å². The van der Waals surface area contributed by atoms with Gasteiger partial charge in [0.05, 0.1) is 29.9 Å². The van der Waals surface area contributed by atoms with Crippen molar-refractivity contribution in [2.75, 3.05) is 19.0 Å². The number of carboxylic acid groups (broad SMARTS) is 1. The van der Waals surface area contributed by atoms with E-state index >= 15 is 0 Å². The molecule has 2 aromatic heterocycles. The molecule has 7 nitrogen and oxygen atoms in total. The number of pyridine rings is 1. The Morgan fingerprint density at radius 2 is 2.13 bits per heavy atom. The fourth-order valence-corrected chi connectivity index (χ4v) is 4.39. The number of fused-ring (bicyclic) bond motifs is 5. The second-order valence-corrected chi connectivity index (χ2v) is 7.63. The topological polar surface area (TPSA) is 96.6 Å². The average molecular weight is 421 g/mol. The van der Waals surface area contributed by atoms with E-state index in [1.54, 1.807) is 24.3 Å². The number of hydrogen-bond acceptors (Lipinski definition) is 5. The number of nitrogens with zero attached hydrogens (tertiary/aromatic N) is 2. The van der Waals surface area contributed by atoms with Crippen molar-refractivity contribution >= 4 is 33.7 Å². The number of aliphatic hydroxyl groups is 1. The van der Waals surface area contributed by atoms with Crippen molar-refractivity contribution < 1.29 is 24.1 Å². The summed E-state index contributed by atoms with van der Waals surface area (Å²) in [4.78, 5) is 17.0. The van der Waals surface area contributed by atoms with Crippen molar-refractivity contribution in [3.05, 3.63) is 65.1 Å². The number of methoxy groups -OCH3 is 1. The number of ether oxygens (including phenoxy) is 1. The lowest BCUT2D eigenvalue weighted by atomic mass is 9.97. The fraction of sp³-hybridized carbons (Fsp3) is 0.217. The molecule has 2 aromatic carbocycles. The second kappa shape index (κ2) is 7.24. The van der Waals surface area contributed by atoms with Crippen LogP contribution in [0.4, 0.5) is 15.0 Å². The number of nitrogens with one attached hydrogen (secondary N) is 1. The Morgan fingerprint density at radius 1 is 1.32 bits per heavy atom. The summed E-state index contributed by atoms with van der Waals surface area (Å²) < 4.78 is 20.5. The van der Waals surface area contributed by atoms with Gasteiger partial charge in [-0.05, 0) is 23.8 Å². The maximum atomic E-state index is 14.3. The van der Waals surface area contributed by atoms with Gasteiger partial charge in [-0.2, -0.15) is 0 Å². The van der Waals surface area contributed by atoms with E-state index in [0.717, 1.165) is 16.3 Å². The van der Waals surface area contributed by atoms with Gasteiger partial charge < -0.3 is 20.3 Å². The van der Waals surface area contributed by atoms with Crippen molar-refractivity contribution in [3.8, 4) is 5.75 Å². The van der Waals surface area contributed by atoms with Gasteiger partial charge in [-0.3, -0.25) is 0 Å². The molecule has 1 unspecified atom stereocenters. The highest BCUT2D eigenvalue weighted by atomic mass is 19.1. The monoisotopic (exact) mass is 421 g/mol. The van der Waals surface area contributed by atoms with E-state index in [-0.39, 0.29) is 12.2 Å². The molecule has 31 heavy (non-hydrogen) atoms. The Hall–Kier alpha value is -3.65. The predicted octanol–water partition coefficient (Wildman–Crippen LogP) is 3.78. The molecule has 0 aliphatic carbocycles. The average Bonchev–Trinajstić information content (AvgIpc) is 3.10. The number of β-amino-alcohol motifs (C(OH)–C–C–N with tert-alkyl or cyclic N) is 1. The highest BCUT2D eigenvalue weighted by Gasteiger charge is 2.27. The second-order valence-electron chi connectivity index (χ2n) is 7.63. The number of aliphatic hydroxyl groups excluding tert-OH is 1. The summed E-state index contributed by atoms with van der Waals surface area (Å²) in [6.45, 7) is 0.361. The maximum Gasteiger partial charge on any atom is 0.416 e. The standard InChI is InChI=1S/C23H20FN3O4/c1-31-19-7-6-12(8-16(19)24)9-17-21-20(15-10-13(28)11-25-22(15)26-17)14-4-2-3-5-18(14)27(21)23(29)30/h2-8,13,28H,9-11H2,1H3,(H,25,26)(H,29,30). The quantitative estimate of drug-likeness (QED) is 0.466. The Morgan fingerprint density at radius 3 is 2.87 bits per heavy atom. The Balaban J connectivity index is 1.81. The van der Waals surface area contributed by atoms with Crippen LogP contribution in [0.1, 0.15) is 16.8 Å². The molecule has 4 aromatic rings. The third-order valence-corrected chi connectivity index (χ3v) is 5.71. The summed E-state index contributed by atoms with van der Waals surface area (Å²) in [7, 11) is 1.40. The van der Waals surface area contributed by atoms with Crippen molar-refractivity contribution in [1.82, 2.24) is 9.55 Å². The van der Waals surface area contributed by atoms with Gasteiger partial charge in [0.2, 0.25) is 0 Å². The first-order valence-corrected chi connectivity index (χ1v) is 9.90. The first kappa shape index (κ1) is 19.3. The molecule has 0 fully saturated rings. The first-order chi connectivity index (χ1) is 15.0. The van der Waals surface area contributed by atoms with Crippen LogP contribution < -0.4 is 10.1 Å². The van der Waals surface area contributed by atoms with Gasteiger partial charge in [0.15, 0.2) is 11.6 Å². The van der Waals surface area contributed by atoms with Gasteiger partial charge in [-0.15, -0.1) is 0 Å². The van der Waals surface area contributed by atoms with Crippen LogP contribution in [0.15, 0.2) is 42.5 Å². The number of benzene rings is 2. The maximum absolute atomic E-state index is 14.3. The molecular formula is C23H20FN3O4. The molecule has 0 spiro atoms. The lowest BCUT2D eigenvalue weighted by Gasteiger charge is -2.24. The number of carbonyl (C=O) groups is 1. The van der Waals surface area contributed by atoms with Crippen LogP contribution in [0.25, 0.3) is 21.8 Å². The molecule has 158 valence electrons. The summed E-state index contributed by atoms with van der Waals surface area (Å²) in [6, 6.07) is 11.9. The van der Waals surface area contributed by atoms with Gasteiger partial charge in [0, 0.05) is 35.7 Å². The number of aromatic nitrogens is 2. The van der Waals surface area contributed by atoms with Gasteiger partial charge in [-0.25, -0.2) is 18.7 Å². The van der Waals surface area contributed by atoms with Crippen LogP contribution in [-0.2, 0) is 12.8 Å². The third kappa shape index (κ3) is 3.07. The highest BCUT2D eigenvalue weighted by molar-refractivity contribution is 6.15. The first-order valence-electron chi connectivity index (χ1n) is 9.90. The van der Waals surface area contributed by atoms with E-state index in [9.17, 15) is 19.4 Å². The molecule has 0 bridgehead atoms. The number of halogens is 1. The number of para-hydroxylation sites is 1. The zero-order valence-electron chi connectivity index (χ0n) is 16.7. The number of rotatable bonds is 3. The third-order valence-electron chi connectivity index (χ3n) is 5.71. The molecule has 3 N–H and O–H groups in total. The van der Waals surface area contributed by atoms with Gasteiger partial charge >= 0.3 is 6.09 Å². The molecule has 1 aliphatic rings. The molecule has 0 saturated heterocycles. The van der Waals surface area contributed by atoms with Gasteiger partial charge in [0.25, 0.3) is 0 Å². The summed E-state index contributed by atoms with van der Waals surface area (Å²) in [5.41, 5.74) is 2.95. The van der Waals surface area contributed by atoms with Crippen molar-refractivity contribution in [1.29, 1.82) is 0 Å². The molecule has 0 radical (unpaired) electrons. The zero-order chi connectivity index (χ0) is 21.7. The van der Waals surface area contributed by atoms with Crippen LogP contribution in [-0.4, -0.2) is 45.6 Å². The number of anilines is 1. The summed E-state index contributed by atoms with van der Waals surface area (Å²) >= 11 is 0. The van der Waals surface area contributed by atoms with E-state index in [1.165, 1.54) is 17.7 Å². The van der Waals surface area contributed by atoms with Crippen molar-refractivity contribution in [2.45, 2.75) is 18.9 Å². The lowest BCUT2D eigenvalue weighted by molar-refractivity contribution is 0.185. The normalized spacial score (nSPS) is 15.6. The Kier molecular flexibility index (Phi) is 4.51. The van der Waals surface area contributed by atoms with Crippen LogP contribution in [0.3, 0.4) is 0 Å².